The first kappa shape index (κ1) is 19.2. The number of nitrogens with one attached hydrogen (secondary N) is 1. The van der Waals surface area contributed by atoms with Crippen LogP contribution in [-0.2, 0) is 17.8 Å². The Labute approximate surface area is 163 Å². The van der Waals surface area contributed by atoms with Gasteiger partial charge in [0.2, 0.25) is 0 Å². The average molecular weight is 409 g/mol. The van der Waals surface area contributed by atoms with Gasteiger partial charge in [0, 0.05) is 20.0 Å². The lowest BCUT2D eigenvalue weighted by Crippen LogP contribution is -2.49. The third-order valence-corrected chi connectivity index (χ3v) is 5.21. The van der Waals surface area contributed by atoms with Gasteiger partial charge >= 0.3 is 6.18 Å². The minimum atomic E-state index is -4.36. The predicted molar refractivity (Wildman–Crippen MR) is 94.5 cm³/mol. The molecule has 8 nitrogen and oxygen atoms in total. The molecule has 2 atom stereocenters. The van der Waals surface area contributed by atoms with Crippen LogP contribution < -0.4 is 15.0 Å². The maximum Gasteiger partial charge on any atom is 0.392 e. The van der Waals surface area contributed by atoms with Gasteiger partial charge in [-0.05, 0) is 18.6 Å². The Balaban J connectivity index is 1.53. The zero-order chi connectivity index (χ0) is 20.8. The fourth-order valence-electron chi connectivity index (χ4n) is 3.57. The number of hydrogen-bond donors (Lipinski definition) is 1. The average Bonchev–Trinajstić information content (AvgIpc) is 3.08. The lowest BCUT2D eigenvalue weighted by atomic mass is 9.94. The van der Waals surface area contributed by atoms with Crippen molar-refractivity contribution in [3.05, 3.63) is 35.7 Å². The Hall–Kier alpha value is -3.11. The van der Waals surface area contributed by atoms with Crippen molar-refractivity contribution in [2.45, 2.75) is 31.6 Å². The van der Waals surface area contributed by atoms with E-state index in [0.29, 0.717) is 11.4 Å². The second-order valence-corrected chi connectivity index (χ2v) is 7.04. The summed E-state index contributed by atoms with van der Waals surface area (Å²) in [4.78, 5) is 26.8. The summed E-state index contributed by atoms with van der Waals surface area (Å²) in [5.74, 6) is -2.22. The van der Waals surface area contributed by atoms with E-state index in [1.54, 1.807) is 31.3 Å². The summed E-state index contributed by atoms with van der Waals surface area (Å²) in [6.07, 6.45) is -4.85. The monoisotopic (exact) mass is 409 g/mol. The number of rotatable bonds is 2. The van der Waals surface area contributed by atoms with Crippen LogP contribution in [0.2, 0.25) is 0 Å². The Bertz CT molecular complexity index is 958. The molecular formula is C18H18F3N5O3. The largest absolute Gasteiger partial charge is 0.489 e. The SMILES string of the molecule is CN1C(=O)[C@@H](NC(=O)c2nnn3c2C[C@@H](C(F)(F)F)CC3)COc2ccccc21. The molecule has 4 rings (SSSR count). The number of ether oxygens (including phenoxy) is 1. The highest BCUT2D eigenvalue weighted by atomic mass is 19.4. The number of carbonyl (C=O) groups excluding carboxylic acids is 2. The molecule has 0 saturated carbocycles. The Morgan fingerprint density at radius 2 is 2.07 bits per heavy atom. The summed E-state index contributed by atoms with van der Waals surface area (Å²) in [6, 6.07) is 5.92. The highest BCUT2D eigenvalue weighted by Gasteiger charge is 2.43. The first-order chi connectivity index (χ1) is 13.8. The molecule has 0 radical (unpaired) electrons. The third kappa shape index (κ3) is 3.52. The van der Waals surface area contributed by atoms with E-state index in [1.807, 2.05) is 0 Å². The van der Waals surface area contributed by atoms with E-state index in [2.05, 4.69) is 15.6 Å². The molecule has 1 aromatic carbocycles. The maximum absolute atomic E-state index is 13.1. The predicted octanol–water partition coefficient (Wildman–Crippen LogP) is 1.56. The van der Waals surface area contributed by atoms with E-state index < -0.39 is 30.0 Å². The van der Waals surface area contributed by atoms with Crippen LogP contribution >= 0.6 is 0 Å². The van der Waals surface area contributed by atoms with Crippen LogP contribution in [0, 0.1) is 5.92 Å². The molecule has 3 heterocycles. The summed E-state index contributed by atoms with van der Waals surface area (Å²) >= 11 is 0. The molecule has 1 aromatic heterocycles. The summed E-state index contributed by atoms with van der Waals surface area (Å²) in [5, 5.41) is 10.1. The lowest BCUT2D eigenvalue weighted by Gasteiger charge is -2.25. The Kier molecular flexibility index (Phi) is 4.67. The number of fused-ring (bicyclic) bond motifs is 2. The van der Waals surface area contributed by atoms with E-state index in [4.69, 9.17) is 4.74 Å². The standard InChI is InChI=1S/C18H18F3N5O3/c1-25-12-4-2-3-5-14(12)29-9-11(17(25)28)22-16(27)15-13-8-10(18(19,20)21)6-7-26(13)24-23-15/h2-5,10-11H,6-9H2,1H3,(H,22,27)/t10-,11-/m0/s1. The maximum atomic E-state index is 13.1. The number of alkyl halides is 3. The summed E-state index contributed by atoms with van der Waals surface area (Å²) < 4.78 is 46.2. The fourth-order valence-corrected chi connectivity index (χ4v) is 3.57. The van der Waals surface area contributed by atoms with Gasteiger partial charge in [-0.15, -0.1) is 5.10 Å². The van der Waals surface area contributed by atoms with Crippen molar-refractivity contribution >= 4 is 17.5 Å². The van der Waals surface area contributed by atoms with E-state index in [-0.39, 0.29) is 37.4 Å². The highest BCUT2D eigenvalue weighted by Crippen LogP contribution is 2.35. The Morgan fingerprint density at radius 1 is 1.31 bits per heavy atom. The van der Waals surface area contributed by atoms with Crippen molar-refractivity contribution < 1.29 is 27.5 Å². The van der Waals surface area contributed by atoms with Gasteiger partial charge in [0.1, 0.15) is 18.4 Å². The number of nitrogens with zero attached hydrogens (tertiary/aromatic N) is 4. The van der Waals surface area contributed by atoms with E-state index in [9.17, 15) is 22.8 Å². The van der Waals surface area contributed by atoms with Crippen LogP contribution in [0.15, 0.2) is 24.3 Å². The molecule has 0 spiro atoms. The number of carbonyl (C=O) groups is 2. The molecule has 0 saturated heterocycles. The van der Waals surface area contributed by atoms with Crippen LogP contribution in [0.4, 0.5) is 18.9 Å². The van der Waals surface area contributed by atoms with Crippen molar-refractivity contribution in [2.24, 2.45) is 5.92 Å². The molecule has 2 aliphatic rings. The molecule has 0 unspecified atom stereocenters. The first-order valence-electron chi connectivity index (χ1n) is 9.05. The normalized spacial score (nSPS) is 21.7. The minimum absolute atomic E-state index is 0.0311. The number of aromatic nitrogens is 3. The molecule has 29 heavy (non-hydrogen) atoms. The second-order valence-electron chi connectivity index (χ2n) is 7.04. The molecule has 0 bridgehead atoms. The van der Waals surface area contributed by atoms with Crippen molar-refractivity contribution in [3.8, 4) is 5.75 Å². The topological polar surface area (TPSA) is 89.4 Å². The number of benzene rings is 1. The molecule has 2 aromatic rings. The quantitative estimate of drug-likeness (QED) is 0.813. The van der Waals surface area contributed by atoms with E-state index in [1.165, 1.54) is 9.58 Å². The van der Waals surface area contributed by atoms with Crippen LogP contribution in [0.3, 0.4) is 0 Å². The number of halogens is 3. The number of aryl methyl sites for hydroxylation is 1. The summed E-state index contributed by atoms with van der Waals surface area (Å²) in [5.41, 5.74) is 0.481. The van der Waals surface area contributed by atoms with Crippen LogP contribution in [0.25, 0.3) is 0 Å². The summed E-state index contributed by atoms with van der Waals surface area (Å²) in [6.45, 7) is -0.0795. The number of amides is 2. The number of likely N-dealkylation sites (N-methyl/N-ethyl adjacent to an activating group) is 1. The molecule has 0 fully saturated rings. The van der Waals surface area contributed by atoms with Gasteiger partial charge in [-0.2, -0.15) is 13.2 Å². The van der Waals surface area contributed by atoms with Crippen molar-refractivity contribution in [2.75, 3.05) is 18.6 Å². The van der Waals surface area contributed by atoms with Crippen molar-refractivity contribution in [1.82, 2.24) is 20.3 Å². The second kappa shape index (κ2) is 7.05. The van der Waals surface area contributed by atoms with Gasteiger partial charge in [-0.3, -0.25) is 9.59 Å². The van der Waals surface area contributed by atoms with Gasteiger partial charge in [-0.1, -0.05) is 17.3 Å². The third-order valence-electron chi connectivity index (χ3n) is 5.21. The van der Waals surface area contributed by atoms with Gasteiger partial charge in [0.15, 0.2) is 5.69 Å². The molecule has 0 aliphatic carbocycles. The highest BCUT2D eigenvalue weighted by molar-refractivity contribution is 6.03. The van der Waals surface area contributed by atoms with Crippen molar-refractivity contribution in [3.63, 3.8) is 0 Å². The Morgan fingerprint density at radius 3 is 2.83 bits per heavy atom. The number of para-hydroxylation sites is 2. The molecule has 2 aliphatic heterocycles. The zero-order valence-electron chi connectivity index (χ0n) is 15.4. The minimum Gasteiger partial charge on any atom is -0.489 e. The van der Waals surface area contributed by atoms with Gasteiger partial charge in [0.25, 0.3) is 11.8 Å². The smallest absolute Gasteiger partial charge is 0.392 e. The van der Waals surface area contributed by atoms with E-state index >= 15 is 0 Å². The molecule has 11 heteroatoms. The van der Waals surface area contributed by atoms with E-state index in [0.717, 1.165) is 0 Å². The van der Waals surface area contributed by atoms with Crippen LogP contribution in [-0.4, -0.2) is 52.7 Å². The first-order valence-corrected chi connectivity index (χ1v) is 9.05. The molecule has 154 valence electrons. The number of hydrogen-bond acceptors (Lipinski definition) is 5. The van der Waals surface area contributed by atoms with Crippen LogP contribution in [0.1, 0.15) is 22.6 Å². The van der Waals surface area contributed by atoms with Gasteiger partial charge in [-0.25, -0.2) is 4.68 Å². The van der Waals surface area contributed by atoms with Gasteiger partial charge < -0.3 is 15.0 Å². The van der Waals surface area contributed by atoms with Gasteiger partial charge in [0.05, 0.1) is 17.3 Å². The van der Waals surface area contributed by atoms with Crippen LogP contribution in [0.5, 0.6) is 5.75 Å². The number of anilines is 1. The summed E-state index contributed by atoms with van der Waals surface area (Å²) in [7, 11) is 1.56. The molecule has 1 N–H and O–H groups in total. The van der Waals surface area contributed by atoms with Crippen molar-refractivity contribution in [1.29, 1.82) is 0 Å². The fraction of sp³-hybridized carbons (Fsp3) is 0.444. The zero-order valence-corrected chi connectivity index (χ0v) is 15.4. The lowest BCUT2D eigenvalue weighted by molar-refractivity contribution is -0.179. The molecular weight excluding hydrogens is 391 g/mol. The molecule has 2 amide bonds.